The van der Waals surface area contributed by atoms with Crippen LogP contribution in [0.5, 0.6) is 0 Å². The van der Waals surface area contributed by atoms with Gasteiger partial charge in [-0.15, -0.1) is 0 Å². The third-order valence-corrected chi connectivity index (χ3v) is 5.24. The van der Waals surface area contributed by atoms with Crippen molar-refractivity contribution < 1.29 is 9.13 Å². The average Bonchev–Trinajstić information content (AvgIpc) is 2.89. The number of benzene rings is 1. The van der Waals surface area contributed by atoms with E-state index in [-0.39, 0.29) is 11.4 Å². The minimum absolute atomic E-state index is 0.00736. The van der Waals surface area contributed by atoms with E-state index in [1.807, 2.05) is 17.8 Å². The fourth-order valence-corrected chi connectivity index (χ4v) is 4.35. The van der Waals surface area contributed by atoms with Gasteiger partial charge in [-0.05, 0) is 43.2 Å². The van der Waals surface area contributed by atoms with Crippen molar-refractivity contribution in [1.82, 2.24) is 0 Å². The van der Waals surface area contributed by atoms with Gasteiger partial charge in [-0.2, -0.15) is 17.0 Å². The Morgan fingerprint density at radius 3 is 3.15 bits per heavy atom. The van der Waals surface area contributed by atoms with Gasteiger partial charge in [0.2, 0.25) is 0 Å². The van der Waals surface area contributed by atoms with Crippen LogP contribution in [0.15, 0.2) is 18.2 Å². The van der Waals surface area contributed by atoms with Crippen LogP contribution in [0.1, 0.15) is 24.8 Å². The molecule has 2 unspecified atom stereocenters. The van der Waals surface area contributed by atoms with E-state index < -0.39 is 0 Å². The first-order valence-electron chi connectivity index (χ1n) is 6.89. The van der Waals surface area contributed by atoms with Crippen LogP contribution in [0.25, 0.3) is 0 Å². The van der Waals surface area contributed by atoms with Crippen molar-refractivity contribution in [2.24, 2.45) is 0 Å². The van der Waals surface area contributed by atoms with Crippen molar-refractivity contribution in [3.05, 3.63) is 29.6 Å². The van der Waals surface area contributed by atoms with Gasteiger partial charge in [0.1, 0.15) is 11.9 Å². The molecule has 3 rings (SSSR count). The minimum Gasteiger partial charge on any atom is -0.381 e. The molecular weight excluding hydrogens is 275 g/mol. The van der Waals surface area contributed by atoms with Crippen LogP contribution in [0.2, 0.25) is 0 Å². The molecule has 2 atom stereocenters. The van der Waals surface area contributed by atoms with Crippen molar-refractivity contribution in [2.45, 2.75) is 30.9 Å². The molecule has 5 heteroatoms. The molecule has 2 saturated heterocycles. The lowest BCUT2D eigenvalue weighted by atomic mass is 9.89. The van der Waals surface area contributed by atoms with Crippen molar-refractivity contribution >= 4 is 17.4 Å². The normalized spacial score (nSPS) is 29.3. The Hall–Kier alpha value is -1.25. The van der Waals surface area contributed by atoms with Gasteiger partial charge >= 0.3 is 0 Å². The molecule has 3 nitrogen and oxygen atoms in total. The van der Waals surface area contributed by atoms with E-state index in [4.69, 9.17) is 10.00 Å². The summed E-state index contributed by atoms with van der Waals surface area (Å²) in [4.78, 5) is 0. The van der Waals surface area contributed by atoms with Crippen LogP contribution >= 0.6 is 11.8 Å². The molecule has 0 aromatic heterocycles. The summed E-state index contributed by atoms with van der Waals surface area (Å²) in [5.41, 5.74) is 1.10. The maximum absolute atomic E-state index is 13.2. The van der Waals surface area contributed by atoms with Crippen molar-refractivity contribution in [2.75, 3.05) is 23.4 Å². The average molecular weight is 292 g/mol. The van der Waals surface area contributed by atoms with Gasteiger partial charge < -0.3 is 10.1 Å². The predicted octanol–water partition coefficient (Wildman–Crippen LogP) is 3.16. The number of anilines is 1. The van der Waals surface area contributed by atoms with Crippen LogP contribution in [0.4, 0.5) is 10.1 Å². The Bertz CT molecular complexity index is 537. The van der Waals surface area contributed by atoms with Gasteiger partial charge in [-0.1, -0.05) is 0 Å². The highest BCUT2D eigenvalue weighted by atomic mass is 32.2. The van der Waals surface area contributed by atoms with E-state index in [1.165, 1.54) is 12.1 Å². The highest BCUT2D eigenvalue weighted by Crippen LogP contribution is 2.39. The predicted molar refractivity (Wildman–Crippen MR) is 78.4 cm³/mol. The fourth-order valence-electron chi connectivity index (χ4n) is 2.97. The fraction of sp³-hybridized carbons (Fsp3) is 0.533. The molecule has 2 aliphatic heterocycles. The number of rotatable bonds is 2. The Balaban J connectivity index is 1.73. The SMILES string of the molecule is N#Cc1cc(F)ccc1NC1CCOC2(CCSC2)C1. The van der Waals surface area contributed by atoms with E-state index in [0.29, 0.717) is 11.6 Å². The lowest BCUT2D eigenvalue weighted by Crippen LogP contribution is -2.44. The van der Waals surface area contributed by atoms with Crippen LogP contribution in [0.3, 0.4) is 0 Å². The monoisotopic (exact) mass is 292 g/mol. The third-order valence-electron chi connectivity index (χ3n) is 4.02. The summed E-state index contributed by atoms with van der Waals surface area (Å²) in [5.74, 6) is 1.84. The maximum Gasteiger partial charge on any atom is 0.124 e. The summed E-state index contributed by atoms with van der Waals surface area (Å²) in [6.45, 7) is 0.751. The Labute approximate surface area is 122 Å². The molecule has 0 saturated carbocycles. The molecule has 0 aliphatic carbocycles. The molecule has 2 heterocycles. The number of nitriles is 1. The molecule has 0 radical (unpaired) electrons. The summed E-state index contributed by atoms with van der Waals surface area (Å²) >= 11 is 1.94. The number of hydrogen-bond acceptors (Lipinski definition) is 4. The summed E-state index contributed by atoms with van der Waals surface area (Å²) in [6.07, 6.45) is 2.99. The molecule has 2 fully saturated rings. The topological polar surface area (TPSA) is 45.0 Å². The van der Waals surface area contributed by atoms with Gasteiger partial charge in [-0.3, -0.25) is 0 Å². The first kappa shape index (κ1) is 13.7. The zero-order chi connectivity index (χ0) is 14.0. The molecule has 2 aliphatic rings. The zero-order valence-electron chi connectivity index (χ0n) is 11.2. The van der Waals surface area contributed by atoms with Crippen LogP contribution < -0.4 is 5.32 Å². The smallest absolute Gasteiger partial charge is 0.124 e. The van der Waals surface area contributed by atoms with Gasteiger partial charge in [0, 0.05) is 18.4 Å². The number of thioether (sulfide) groups is 1. The van der Waals surface area contributed by atoms with Crippen molar-refractivity contribution in [1.29, 1.82) is 5.26 Å². The number of nitrogens with one attached hydrogen (secondary N) is 1. The standard InChI is InChI=1S/C15H17FN2OS/c16-12-1-2-14(11(7-12)9-17)18-13-3-5-19-15(8-13)4-6-20-10-15/h1-2,7,13,18H,3-6,8,10H2. The van der Waals surface area contributed by atoms with Crippen LogP contribution in [-0.2, 0) is 4.74 Å². The molecule has 1 spiro atoms. The second-order valence-corrected chi connectivity index (χ2v) is 6.58. The molecule has 0 amide bonds. The van der Waals surface area contributed by atoms with Crippen LogP contribution in [0, 0.1) is 17.1 Å². The van der Waals surface area contributed by atoms with E-state index in [9.17, 15) is 4.39 Å². The molecular formula is C15H17FN2OS. The number of halogens is 1. The number of nitrogens with zero attached hydrogens (tertiary/aromatic N) is 1. The first-order valence-corrected chi connectivity index (χ1v) is 8.04. The number of ether oxygens (including phenoxy) is 1. The lowest BCUT2D eigenvalue weighted by Gasteiger charge is -2.38. The van der Waals surface area contributed by atoms with E-state index in [0.717, 1.165) is 43.1 Å². The van der Waals surface area contributed by atoms with Crippen molar-refractivity contribution in [3.63, 3.8) is 0 Å². The molecule has 0 bridgehead atoms. The maximum atomic E-state index is 13.2. The Kier molecular flexibility index (Phi) is 3.86. The van der Waals surface area contributed by atoms with Crippen molar-refractivity contribution in [3.8, 4) is 6.07 Å². The molecule has 1 N–H and O–H groups in total. The highest BCUT2D eigenvalue weighted by molar-refractivity contribution is 7.99. The second-order valence-electron chi connectivity index (χ2n) is 5.47. The Morgan fingerprint density at radius 2 is 2.40 bits per heavy atom. The lowest BCUT2D eigenvalue weighted by molar-refractivity contribution is -0.0628. The third kappa shape index (κ3) is 2.77. The van der Waals surface area contributed by atoms with E-state index >= 15 is 0 Å². The molecule has 1 aromatic rings. The minimum atomic E-state index is -0.372. The molecule has 1 aromatic carbocycles. The highest BCUT2D eigenvalue weighted by Gasteiger charge is 2.40. The van der Waals surface area contributed by atoms with Gasteiger partial charge in [0.15, 0.2) is 0 Å². The zero-order valence-corrected chi connectivity index (χ0v) is 12.0. The summed E-state index contributed by atoms with van der Waals surface area (Å²) in [5, 5.41) is 12.5. The largest absolute Gasteiger partial charge is 0.381 e. The quantitative estimate of drug-likeness (QED) is 0.909. The summed E-state index contributed by atoms with van der Waals surface area (Å²) in [6, 6.07) is 6.67. The van der Waals surface area contributed by atoms with Gasteiger partial charge in [0.05, 0.1) is 16.9 Å². The second kappa shape index (κ2) is 5.63. The first-order chi connectivity index (χ1) is 9.71. The molecule has 106 valence electrons. The van der Waals surface area contributed by atoms with Crippen LogP contribution in [-0.4, -0.2) is 29.8 Å². The summed E-state index contributed by atoms with van der Waals surface area (Å²) < 4.78 is 19.1. The van der Waals surface area contributed by atoms with E-state index in [1.54, 1.807) is 6.07 Å². The Morgan fingerprint density at radius 1 is 1.50 bits per heavy atom. The molecule has 20 heavy (non-hydrogen) atoms. The number of hydrogen-bond donors (Lipinski definition) is 1. The van der Waals surface area contributed by atoms with E-state index in [2.05, 4.69) is 5.32 Å². The van der Waals surface area contributed by atoms with Gasteiger partial charge in [-0.25, -0.2) is 4.39 Å². The van der Waals surface area contributed by atoms with Gasteiger partial charge in [0.25, 0.3) is 0 Å². The summed E-state index contributed by atoms with van der Waals surface area (Å²) in [7, 11) is 0.